The summed E-state index contributed by atoms with van der Waals surface area (Å²) in [4.78, 5) is 13.1. The topological polar surface area (TPSA) is 30.7 Å². The number of benzene rings is 1. The fraction of sp³-hybridized carbons (Fsp3) is 0.462. The van der Waals surface area contributed by atoms with Gasteiger partial charge in [0.2, 0.25) is 0 Å². The molecule has 0 spiro atoms. The molecule has 0 aliphatic rings. The van der Waals surface area contributed by atoms with Crippen LogP contribution in [-0.4, -0.2) is 32.2 Å². The van der Waals surface area contributed by atoms with E-state index >= 15 is 0 Å². The number of rotatable bonds is 5. The Kier molecular flexibility index (Phi) is 5.91. The minimum atomic E-state index is -0.230. The van der Waals surface area contributed by atoms with Crippen LogP contribution in [0.1, 0.15) is 24.2 Å². The Morgan fingerprint density at radius 3 is 2.65 bits per heavy atom. The standard InChI is InChI=1S/C13H18INO2/c1-10(2)15(3)8-9-17-13(16)11-6-4-5-7-12(11)14/h4-7,10H,8-9H2,1-3H3/p+1. The molecule has 0 amide bonds. The molecule has 0 bridgehead atoms. The van der Waals surface area contributed by atoms with Gasteiger partial charge in [-0.2, -0.15) is 0 Å². The van der Waals surface area contributed by atoms with Crippen molar-refractivity contribution in [3.05, 3.63) is 33.4 Å². The van der Waals surface area contributed by atoms with E-state index < -0.39 is 0 Å². The number of carbonyl (C=O) groups excluding carboxylic acids is 1. The molecule has 1 unspecified atom stereocenters. The lowest BCUT2D eigenvalue weighted by Crippen LogP contribution is -3.12. The predicted octanol–water partition coefficient (Wildman–Crippen LogP) is 1.37. The molecule has 1 aromatic carbocycles. The summed E-state index contributed by atoms with van der Waals surface area (Å²) in [7, 11) is 2.10. The molecule has 17 heavy (non-hydrogen) atoms. The molecule has 0 saturated carbocycles. The maximum atomic E-state index is 11.8. The van der Waals surface area contributed by atoms with E-state index in [0.717, 1.165) is 10.1 Å². The van der Waals surface area contributed by atoms with Gasteiger partial charge in [0.15, 0.2) is 0 Å². The summed E-state index contributed by atoms with van der Waals surface area (Å²) >= 11 is 2.15. The minimum Gasteiger partial charge on any atom is -0.456 e. The van der Waals surface area contributed by atoms with E-state index in [9.17, 15) is 4.79 Å². The van der Waals surface area contributed by atoms with Gasteiger partial charge in [0, 0.05) is 3.57 Å². The maximum absolute atomic E-state index is 11.8. The number of esters is 1. The van der Waals surface area contributed by atoms with E-state index in [4.69, 9.17) is 4.74 Å². The second-order valence-corrected chi connectivity index (χ2v) is 5.53. The van der Waals surface area contributed by atoms with Gasteiger partial charge in [-0.1, -0.05) is 12.1 Å². The van der Waals surface area contributed by atoms with Crippen LogP contribution in [0.25, 0.3) is 0 Å². The Hall–Kier alpha value is -0.620. The largest absolute Gasteiger partial charge is 0.456 e. The summed E-state index contributed by atoms with van der Waals surface area (Å²) in [6.45, 7) is 5.61. The van der Waals surface area contributed by atoms with Gasteiger partial charge in [0.1, 0.15) is 13.2 Å². The average molecular weight is 348 g/mol. The summed E-state index contributed by atoms with van der Waals surface area (Å²) in [5.41, 5.74) is 0.648. The van der Waals surface area contributed by atoms with Gasteiger partial charge in [0.25, 0.3) is 0 Å². The van der Waals surface area contributed by atoms with Crippen molar-refractivity contribution in [2.45, 2.75) is 19.9 Å². The number of hydrogen-bond acceptors (Lipinski definition) is 2. The van der Waals surface area contributed by atoms with Crippen LogP contribution in [0.3, 0.4) is 0 Å². The molecule has 3 nitrogen and oxygen atoms in total. The van der Waals surface area contributed by atoms with Crippen molar-refractivity contribution in [3.8, 4) is 0 Å². The number of nitrogens with one attached hydrogen (secondary N) is 1. The highest BCUT2D eigenvalue weighted by molar-refractivity contribution is 14.1. The lowest BCUT2D eigenvalue weighted by molar-refractivity contribution is -0.901. The van der Waals surface area contributed by atoms with Gasteiger partial charge in [-0.05, 0) is 48.6 Å². The van der Waals surface area contributed by atoms with E-state index in [2.05, 4.69) is 43.5 Å². The molecule has 1 rings (SSSR count). The number of carbonyl (C=O) groups is 1. The number of quaternary nitrogens is 1. The highest BCUT2D eigenvalue weighted by atomic mass is 127. The molecule has 4 heteroatoms. The first-order valence-corrected chi connectivity index (χ1v) is 6.84. The molecule has 1 aromatic rings. The van der Waals surface area contributed by atoms with Crippen LogP contribution >= 0.6 is 22.6 Å². The fourth-order valence-corrected chi connectivity index (χ4v) is 1.91. The maximum Gasteiger partial charge on any atom is 0.339 e. The number of halogens is 1. The molecule has 0 fully saturated rings. The van der Waals surface area contributed by atoms with Gasteiger partial charge >= 0.3 is 5.97 Å². The molecule has 0 heterocycles. The summed E-state index contributed by atoms with van der Waals surface area (Å²) in [6.07, 6.45) is 0. The van der Waals surface area contributed by atoms with Crippen LogP contribution in [0, 0.1) is 3.57 Å². The molecular weight excluding hydrogens is 329 g/mol. The first-order chi connectivity index (χ1) is 8.02. The summed E-state index contributed by atoms with van der Waals surface area (Å²) in [5.74, 6) is -0.230. The summed E-state index contributed by atoms with van der Waals surface area (Å²) in [6, 6.07) is 8.01. The van der Waals surface area contributed by atoms with E-state index in [1.165, 1.54) is 4.90 Å². The summed E-state index contributed by atoms with van der Waals surface area (Å²) in [5, 5.41) is 0. The van der Waals surface area contributed by atoms with Crippen LogP contribution in [0.4, 0.5) is 0 Å². The Labute approximate surface area is 116 Å². The zero-order valence-corrected chi connectivity index (χ0v) is 12.7. The molecule has 0 aromatic heterocycles. The molecule has 0 aliphatic heterocycles. The van der Waals surface area contributed by atoms with Gasteiger partial charge in [-0.25, -0.2) is 4.79 Å². The second-order valence-electron chi connectivity index (χ2n) is 4.37. The van der Waals surface area contributed by atoms with E-state index in [1.54, 1.807) is 6.07 Å². The van der Waals surface area contributed by atoms with Crippen molar-refractivity contribution in [1.82, 2.24) is 0 Å². The fourth-order valence-electron chi connectivity index (χ4n) is 1.30. The van der Waals surface area contributed by atoms with Crippen molar-refractivity contribution in [1.29, 1.82) is 0 Å². The molecule has 0 radical (unpaired) electrons. The number of ether oxygens (including phenoxy) is 1. The van der Waals surface area contributed by atoms with Crippen molar-refractivity contribution >= 4 is 28.6 Å². The van der Waals surface area contributed by atoms with Gasteiger partial charge in [-0.15, -0.1) is 0 Å². The zero-order valence-electron chi connectivity index (χ0n) is 10.5. The number of likely N-dealkylation sites (N-methyl/N-ethyl adjacent to an activating group) is 1. The Morgan fingerprint density at radius 1 is 1.41 bits per heavy atom. The Morgan fingerprint density at radius 2 is 2.06 bits per heavy atom. The SMILES string of the molecule is CC(C)[NH+](C)CCOC(=O)c1ccccc1I. The smallest absolute Gasteiger partial charge is 0.339 e. The number of hydrogen-bond donors (Lipinski definition) is 1. The minimum absolute atomic E-state index is 0.230. The highest BCUT2D eigenvalue weighted by Gasteiger charge is 2.12. The molecule has 0 aliphatic carbocycles. The zero-order chi connectivity index (χ0) is 12.8. The lowest BCUT2D eigenvalue weighted by Gasteiger charge is -2.17. The third kappa shape index (κ3) is 4.63. The van der Waals surface area contributed by atoms with E-state index in [0.29, 0.717) is 18.2 Å². The second kappa shape index (κ2) is 6.96. The van der Waals surface area contributed by atoms with Crippen LogP contribution in [0.2, 0.25) is 0 Å². The monoisotopic (exact) mass is 348 g/mol. The van der Waals surface area contributed by atoms with E-state index in [-0.39, 0.29) is 5.97 Å². The highest BCUT2D eigenvalue weighted by Crippen LogP contribution is 2.12. The quantitative estimate of drug-likeness (QED) is 0.644. The third-order valence-corrected chi connectivity index (χ3v) is 3.75. The average Bonchev–Trinajstić information content (AvgIpc) is 2.29. The summed E-state index contributed by atoms with van der Waals surface area (Å²) < 4.78 is 6.20. The molecule has 0 saturated heterocycles. The predicted molar refractivity (Wildman–Crippen MR) is 76.3 cm³/mol. The van der Waals surface area contributed by atoms with Gasteiger partial charge in [-0.3, -0.25) is 0 Å². The van der Waals surface area contributed by atoms with Crippen molar-refractivity contribution in [2.24, 2.45) is 0 Å². The van der Waals surface area contributed by atoms with Crippen LogP contribution in [-0.2, 0) is 4.74 Å². The Bertz CT molecular complexity index is 379. The molecule has 1 N–H and O–H groups in total. The third-order valence-electron chi connectivity index (χ3n) is 2.81. The first-order valence-electron chi connectivity index (χ1n) is 5.76. The van der Waals surface area contributed by atoms with Crippen LogP contribution < -0.4 is 4.90 Å². The van der Waals surface area contributed by atoms with Crippen LogP contribution in [0.5, 0.6) is 0 Å². The van der Waals surface area contributed by atoms with Gasteiger partial charge < -0.3 is 9.64 Å². The van der Waals surface area contributed by atoms with Crippen LogP contribution in [0.15, 0.2) is 24.3 Å². The lowest BCUT2D eigenvalue weighted by atomic mass is 10.2. The Balaban J connectivity index is 2.43. The molecule has 1 atom stereocenters. The molecular formula is C13H19INO2+. The van der Waals surface area contributed by atoms with E-state index in [1.807, 2.05) is 18.2 Å². The van der Waals surface area contributed by atoms with Gasteiger partial charge in [0.05, 0.1) is 18.7 Å². The molecule has 94 valence electrons. The van der Waals surface area contributed by atoms with Crippen molar-refractivity contribution in [2.75, 3.05) is 20.2 Å². The van der Waals surface area contributed by atoms with Crippen molar-refractivity contribution in [3.63, 3.8) is 0 Å². The normalized spacial score (nSPS) is 12.5. The first kappa shape index (κ1) is 14.4. The van der Waals surface area contributed by atoms with Crippen molar-refractivity contribution < 1.29 is 14.4 Å².